The third-order valence-corrected chi connectivity index (χ3v) is 4.23. The maximum atomic E-state index is 12.3. The summed E-state index contributed by atoms with van der Waals surface area (Å²) < 4.78 is 16.7. The summed E-state index contributed by atoms with van der Waals surface area (Å²) in [6, 6.07) is 5.05. The van der Waals surface area contributed by atoms with E-state index < -0.39 is 10.8 Å². The second kappa shape index (κ2) is 6.06. The van der Waals surface area contributed by atoms with Gasteiger partial charge in [0.05, 0.1) is 6.61 Å². The molecule has 0 bridgehead atoms. The third kappa shape index (κ3) is 3.47. The first-order valence-electron chi connectivity index (χ1n) is 6.27. The molecule has 1 aromatic rings. The Labute approximate surface area is 115 Å². The van der Waals surface area contributed by atoms with E-state index in [-0.39, 0.29) is 5.91 Å². The van der Waals surface area contributed by atoms with Gasteiger partial charge in [-0.3, -0.25) is 9.00 Å². The number of hydrogen-bond donors (Lipinski definition) is 1. The van der Waals surface area contributed by atoms with Crippen LogP contribution in [0.15, 0.2) is 18.2 Å². The molecule has 19 heavy (non-hydrogen) atoms. The number of hydrogen-bond acceptors (Lipinski definition) is 4. The van der Waals surface area contributed by atoms with E-state index in [1.54, 1.807) is 23.1 Å². The van der Waals surface area contributed by atoms with E-state index in [4.69, 9.17) is 10.5 Å². The third-order valence-electron chi connectivity index (χ3n) is 2.95. The number of rotatable bonds is 3. The van der Waals surface area contributed by atoms with Crippen LogP contribution in [0.3, 0.4) is 0 Å². The van der Waals surface area contributed by atoms with Crippen LogP contribution in [-0.4, -0.2) is 46.2 Å². The maximum Gasteiger partial charge on any atom is 0.254 e. The zero-order valence-corrected chi connectivity index (χ0v) is 11.7. The van der Waals surface area contributed by atoms with Crippen LogP contribution in [-0.2, 0) is 10.8 Å². The van der Waals surface area contributed by atoms with Gasteiger partial charge >= 0.3 is 0 Å². The van der Waals surface area contributed by atoms with Gasteiger partial charge in [0.25, 0.3) is 5.91 Å². The molecule has 0 saturated carbocycles. The summed E-state index contributed by atoms with van der Waals surface area (Å²) in [5.74, 6) is 1.62. The molecule has 2 rings (SSSR count). The Morgan fingerprint density at radius 3 is 2.68 bits per heavy atom. The van der Waals surface area contributed by atoms with Crippen molar-refractivity contribution in [1.82, 2.24) is 4.90 Å². The molecule has 1 saturated heterocycles. The van der Waals surface area contributed by atoms with Crippen LogP contribution in [0, 0.1) is 0 Å². The van der Waals surface area contributed by atoms with Crippen molar-refractivity contribution in [2.45, 2.75) is 6.92 Å². The Morgan fingerprint density at radius 2 is 2.05 bits per heavy atom. The van der Waals surface area contributed by atoms with E-state index >= 15 is 0 Å². The lowest BCUT2D eigenvalue weighted by atomic mass is 10.1. The molecule has 6 heteroatoms. The molecule has 0 spiro atoms. The summed E-state index contributed by atoms with van der Waals surface area (Å²) >= 11 is 0. The Hall–Kier alpha value is -1.56. The Kier molecular flexibility index (Phi) is 4.42. The van der Waals surface area contributed by atoms with Gasteiger partial charge in [-0.05, 0) is 19.1 Å². The summed E-state index contributed by atoms with van der Waals surface area (Å²) in [5, 5.41) is 0. The van der Waals surface area contributed by atoms with Crippen LogP contribution in [0.1, 0.15) is 17.3 Å². The first-order valence-corrected chi connectivity index (χ1v) is 7.76. The standard InChI is InChI=1S/C13H18N2O3S/c1-2-18-12-8-10(7-11(14)9-12)13(16)15-3-5-19(17)6-4-15/h7-9H,2-6,14H2,1H3. The van der Waals surface area contributed by atoms with Crippen molar-refractivity contribution >= 4 is 22.4 Å². The van der Waals surface area contributed by atoms with Gasteiger partial charge in [0, 0.05) is 52.7 Å². The van der Waals surface area contributed by atoms with Crippen molar-refractivity contribution in [3.8, 4) is 5.75 Å². The van der Waals surface area contributed by atoms with Crippen LogP contribution >= 0.6 is 0 Å². The van der Waals surface area contributed by atoms with Crippen LogP contribution in [0.5, 0.6) is 5.75 Å². The van der Waals surface area contributed by atoms with Gasteiger partial charge in [-0.25, -0.2) is 0 Å². The molecule has 2 N–H and O–H groups in total. The van der Waals surface area contributed by atoms with Crippen molar-refractivity contribution in [2.24, 2.45) is 0 Å². The number of ether oxygens (including phenoxy) is 1. The van der Waals surface area contributed by atoms with Gasteiger partial charge in [-0.15, -0.1) is 0 Å². The van der Waals surface area contributed by atoms with E-state index in [9.17, 15) is 9.00 Å². The monoisotopic (exact) mass is 282 g/mol. The fraction of sp³-hybridized carbons (Fsp3) is 0.462. The second-order valence-corrected chi connectivity index (χ2v) is 6.06. The average Bonchev–Trinajstić information content (AvgIpc) is 2.38. The van der Waals surface area contributed by atoms with Crippen molar-refractivity contribution < 1.29 is 13.7 Å². The number of carbonyl (C=O) groups excluding carboxylic acids is 1. The van der Waals surface area contributed by atoms with Gasteiger partial charge in [-0.2, -0.15) is 0 Å². The molecule has 0 atom stereocenters. The zero-order valence-electron chi connectivity index (χ0n) is 10.9. The maximum absolute atomic E-state index is 12.3. The van der Waals surface area contributed by atoms with E-state index in [0.29, 0.717) is 48.2 Å². The highest BCUT2D eigenvalue weighted by Crippen LogP contribution is 2.20. The van der Waals surface area contributed by atoms with Gasteiger partial charge in [0.1, 0.15) is 5.75 Å². The summed E-state index contributed by atoms with van der Waals surface area (Å²) in [4.78, 5) is 14.0. The lowest BCUT2D eigenvalue weighted by Gasteiger charge is -2.26. The van der Waals surface area contributed by atoms with E-state index in [1.165, 1.54) is 0 Å². The number of nitrogens with two attached hydrogens (primary N) is 1. The first kappa shape index (κ1) is 13.9. The van der Waals surface area contributed by atoms with E-state index in [0.717, 1.165) is 0 Å². The lowest BCUT2D eigenvalue weighted by molar-refractivity contribution is 0.0771. The average molecular weight is 282 g/mol. The van der Waals surface area contributed by atoms with Crippen LogP contribution in [0.25, 0.3) is 0 Å². The summed E-state index contributed by atoms with van der Waals surface area (Å²) in [7, 11) is -0.789. The highest BCUT2D eigenvalue weighted by atomic mass is 32.2. The highest BCUT2D eigenvalue weighted by molar-refractivity contribution is 7.85. The van der Waals surface area contributed by atoms with Crippen LogP contribution in [0.2, 0.25) is 0 Å². The predicted octanol–water partition coefficient (Wildman–Crippen LogP) is 0.872. The van der Waals surface area contributed by atoms with Crippen LogP contribution < -0.4 is 10.5 Å². The molecule has 0 unspecified atom stereocenters. The van der Waals surface area contributed by atoms with Gasteiger partial charge in [0.2, 0.25) is 0 Å². The smallest absolute Gasteiger partial charge is 0.254 e. The molecule has 1 fully saturated rings. The van der Waals surface area contributed by atoms with Crippen molar-refractivity contribution in [3.05, 3.63) is 23.8 Å². The Morgan fingerprint density at radius 1 is 1.37 bits per heavy atom. The summed E-state index contributed by atoms with van der Waals surface area (Å²) in [6.45, 7) is 3.47. The van der Waals surface area contributed by atoms with Gasteiger partial charge < -0.3 is 15.4 Å². The normalized spacial score (nSPS) is 16.4. The van der Waals surface area contributed by atoms with Crippen molar-refractivity contribution in [3.63, 3.8) is 0 Å². The number of anilines is 1. The molecule has 1 heterocycles. The number of amides is 1. The summed E-state index contributed by atoms with van der Waals surface area (Å²) in [5.41, 5.74) is 6.81. The summed E-state index contributed by atoms with van der Waals surface area (Å²) in [6.07, 6.45) is 0. The fourth-order valence-electron chi connectivity index (χ4n) is 2.02. The first-order chi connectivity index (χ1) is 9.10. The topological polar surface area (TPSA) is 72.6 Å². The van der Waals surface area contributed by atoms with Crippen molar-refractivity contribution in [1.29, 1.82) is 0 Å². The molecule has 0 aromatic heterocycles. The molecule has 0 radical (unpaired) electrons. The lowest BCUT2D eigenvalue weighted by Crippen LogP contribution is -2.41. The molecular formula is C13H18N2O3S. The number of nitrogens with zero attached hydrogens (tertiary/aromatic N) is 1. The van der Waals surface area contributed by atoms with Gasteiger partial charge in [-0.1, -0.05) is 0 Å². The minimum absolute atomic E-state index is 0.0787. The molecule has 104 valence electrons. The molecule has 5 nitrogen and oxygen atoms in total. The van der Waals surface area contributed by atoms with Crippen LogP contribution in [0.4, 0.5) is 5.69 Å². The minimum Gasteiger partial charge on any atom is -0.494 e. The molecule has 1 aliphatic heterocycles. The van der Waals surface area contributed by atoms with Gasteiger partial charge in [0.15, 0.2) is 0 Å². The molecule has 0 aliphatic carbocycles. The van der Waals surface area contributed by atoms with E-state index in [1.807, 2.05) is 6.92 Å². The van der Waals surface area contributed by atoms with E-state index in [2.05, 4.69) is 0 Å². The minimum atomic E-state index is -0.789. The Balaban J connectivity index is 2.16. The molecule has 1 aromatic carbocycles. The SMILES string of the molecule is CCOc1cc(N)cc(C(=O)N2CCS(=O)CC2)c1. The number of nitrogen functional groups attached to an aromatic ring is 1. The highest BCUT2D eigenvalue weighted by Gasteiger charge is 2.21. The second-order valence-electron chi connectivity index (χ2n) is 4.36. The predicted molar refractivity (Wildman–Crippen MR) is 75.8 cm³/mol. The number of carbonyl (C=O) groups is 1. The fourth-order valence-corrected chi connectivity index (χ4v) is 3.07. The molecule has 1 amide bonds. The largest absolute Gasteiger partial charge is 0.494 e. The molecule has 1 aliphatic rings. The zero-order chi connectivity index (χ0) is 13.8. The number of benzene rings is 1. The quantitative estimate of drug-likeness (QED) is 0.835. The molecular weight excluding hydrogens is 264 g/mol. The Bertz CT molecular complexity index is 495. The van der Waals surface area contributed by atoms with Crippen molar-refractivity contribution in [2.75, 3.05) is 36.9 Å².